The van der Waals surface area contributed by atoms with E-state index in [0.29, 0.717) is 6.54 Å². The number of nitrogens with two attached hydrogens (primary N) is 2. The summed E-state index contributed by atoms with van der Waals surface area (Å²) in [4.78, 5) is 27.3. The highest BCUT2D eigenvalue weighted by molar-refractivity contribution is 5.87. The zero-order chi connectivity index (χ0) is 19.8. The minimum absolute atomic E-state index is 0.134. The van der Waals surface area contributed by atoms with Gasteiger partial charge < -0.3 is 27.2 Å². The third-order valence-corrected chi connectivity index (χ3v) is 4.44. The predicted octanol–water partition coefficient (Wildman–Crippen LogP) is 0.139. The summed E-state index contributed by atoms with van der Waals surface area (Å²) in [5, 5.41) is 15.6. The van der Waals surface area contributed by atoms with Gasteiger partial charge in [-0.2, -0.15) is 0 Å². The number of hydrogen-bond donors (Lipinski definition) is 5. The summed E-state index contributed by atoms with van der Waals surface area (Å²) in [7, 11) is 0. The summed E-state index contributed by atoms with van der Waals surface area (Å²) in [5.41, 5.74) is 12.5. The third kappa shape index (κ3) is 6.41. The molecule has 27 heavy (non-hydrogen) atoms. The molecule has 1 aliphatic rings. The van der Waals surface area contributed by atoms with Crippen molar-refractivity contribution in [3.8, 4) is 0 Å². The number of hydrogen-bond acceptors (Lipinski definition) is 4. The lowest BCUT2D eigenvalue weighted by atomic mass is 9.86. The van der Waals surface area contributed by atoms with Gasteiger partial charge in [0.05, 0.1) is 12.1 Å². The lowest BCUT2D eigenvalue weighted by Gasteiger charge is -2.35. The van der Waals surface area contributed by atoms with Crippen LogP contribution in [0.5, 0.6) is 0 Å². The minimum Gasteiger partial charge on any atom is -0.478 e. The molecule has 1 aromatic rings. The van der Waals surface area contributed by atoms with Crippen molar-refractivity contribution >= 4 is 17.8 Å². The zero-order valence-electron chi connectivity index (χ0n) is 15.4. The smallest absolute Gasteiger partial charge is 0.331 e. The number of aliphatic carboxylic acids is 1. The highest BCUT2D eigenvalue weighted by Crippen LogP contribution is 2.23. The van der Waals surface area contributed by atoms with Gasteiger partial charge in [-0.05, 0) is 24.9 Å². The third-order valence-electron chi connectivity index (χ3n) is 4.44. The van der Waals surface area contributed by atoms with Crippen LogP contribution in [0.25, 0.3) is 0 Å². The van der Waals surface area contributed by atoms with Crippen molar-refractivity contribution < 1.29 is 14.7 Å². The number of carbonyl (C=O) groups excluding carboxylic acids is 1. The average Bonchev–Trinajstić information content (AvgIpc) is 2.60. The van der Waals surface area contributed by atoms with Gasteiger partial charge in [-0.15, -0.1) is 0 Å². The molecule has 146 valence electrons. The lowest BCUT2D eigenvalue weighted by Crippen LogP contribution is -2.57. The maximum atomic E-state index is 11.6. The fraction of sp³-hybridized carbons (Fsp3) is 0.421. The van der Waals surface area contributed by atoms with Crippen LogP contribution in [0.2, 0.25) is 0 Å². The van der Waals surface area contributed by atoms with Crippen LogP contribution in [0.15, 0.2) is 47.0 Å². The number of nitrogens with one attached hydrogen (secondary N) is 2. The Kier molecular flexibility index (Phi) is 7.36. The molecular formula is C19H27N5O3. The van der Waals surface area contributed by atoms with Crippen molar-refractivity contribution in [3.05, 3.63) is 47.5 Å². The number of guanidine groups is 1. The molecule has 0 fully saturated rings. The first-order valence-electron chi connectivity index (χ1n) is 8.94. The van der Waals surface area contributed by atoms with Gasteiger partial charge in [0.1, 0.15) is 0 Å². The zero-order valence-corrected chi connectivity index (χ0v) is 15.4. The number of benzene rings is 1. The van der Waals surface area contributed by atoms with E-state index in [1.807, 2.05) is 18.2 Å². The summed E-state index contributed by atoms with van der Waals surface area (Å²) in [6.45, 7) is 2.07. The van der Waals surface area contributed by atoms with E-state index in [4.69, 9.17) is 11.5 Å². The molecule has 1 aliphatic carbocycles. The van der Waals surface area contributed by atoms with Gasteiger partial charge in [0.15, 0.2) is 5.96 Å². The van der Waals surface area contributed by atoms with E-state index >= 15 is 0 Å². The molecule has 2 rings (SSSR count). The van der Waals surface area contributed by atoms with Crippen LogP contribution in [0, 0.1) is 0 Å². The van der Waals surface area contributed by atoms with Crippen LogP contribution >= 0.6 is 0 Å². The van der Waals surface area contributed by atoms with Gasteiger partial charge in [-0.3, -0.25) is 4.79 Å². The molecule has 3 atom stereocenters. The molecule has 1 aromatic carbocycles. The molecule has 0 aliphatic heterocycles. The normalized spacial score (nSPS) is 21.8. The monoisotopic (exact) mass is 373 g/mol. The number of carboxylic acid groups (broad SMARTS) is 1. The van der Waals surface area contributed by atoms with Crippen LogP contribution < -0.4 is 22.1 Å². The van der Waals surface area contributed by atoms with Crippen LogP contribution in [0.4, 0.5) is 0 Å². The Labute approximate surface area is 158 Å². The summed E-state index contributed by atoms with van der Waals surface area (Å²) in [6.07, 6.45) is 3.57. The molecule has 0 heterocycles. The molecule has 0 aromatic heterocycles. The summed E-state index contributed by atoms with van der Waals surface area (Å²) in [5.74, 6) is -1.37. The Morgan fingerprint density at radius 1 is 1.26 bits per heavy atom. The van der Waals surface area contributed by atoms with Gasteiger partial charge in [0.2, 0.25) is 5.91 Å². The highest BCUT2D eigenvalue weighted by Gasteiger charge is 2.35. The first-order valence-corrected chi connectivity index (χ1v) is 8.94. The van der Waals surface area contributed by atoms with Crippen molar-refractivity contribution in [1.29, 1.82) is 0 Å². The Balaban J connectivity index is 2.09. The number of carbonyl (C=O) groups is 2. The number of carboxylic acids is 1. The van der Waals surface area contributed by atoms with Crippen LogP contribution in [0.3, 0.4) is 0 Å². The van der Waals surface area contributed by atoms with Gasteiger partial charge >= 0.3 is 5.97 Å². The second-order valence-corrected chi connectivity index (χ2v) is 6.62. The van der Waals surface area contributed by atoms with Crippen molar-refractivity contribution in [2.24, 2.45) is 16.5 Å². The number of nitrogens with zero attached hydrogens (tertiary/aromatic N) is 1. The Bertz CT molecular complexity index is 713. The quantitative estimate of drug-likeness (QED) is 0.249. The molecule has 0 spiro atoms. The predicted molar refractivity (Wildman–Crippen MR) is 104 cm³/mol. The highest BCUT2D eigenvalue weighted by atomic mass is 16.4. The standard InChI is InChI=1S/C19H27N5O3/c1-12(25)23-17-15(22-9-5-8-13-6-3-2-4-7-13)10-14(18(26)27)11-16(17)24-19(20)21/h2-4,6-7,10,15-17,22H,5,8-9,11H2,1H3,(H,23,25)(H,26,27)(H4,20,21,24)/t15-,16+,17-/m1/s1. The largest absolute Gasteiger partial charge is 0.478 e. The molecule has 0 radical (unpaired) electrons. The van der Waals surface area contributed by atoms with Gasteiger partial charge in [0, 0.05) is 25.0 Å². The van der Waals surface area contributed by atoms with E-state index in [1.54, 1.807) is 6.08 Å². The average molecular weight is 373 g/mol. The van der Waals surface area contributed by atoms with Crippen LogP contribution in [-0.4, -0.2) is 47.6 Å². The van der Waals surface area contributed by atoms with E-state index in [9.17, 15) is 14.7 Å². The topological polar surface area (TPSA) is 143 Å². The molecule has 8 nitrogen and oxygen atoms in total. The second kappa shape index (κ2) is 9.72. The van der Waals surface area contributed by atoms with Crippen molar-refractivity contribution in [3.63, 3.8) is 0 Å². The van der Waals surface area contributed by atoms with E-state index < -0.39 is 18.1 Å². The van der Waals surface area contributed by atoms with E-state index in [1.165, 1.54) is 12.5 Å². The van der Waals surface area contributed by atoms with Crippen LogP contribution in [0.1, 0.15) is 25.3 Å². The molecule has 7 N–H and O–H groups in total. The van der Waals surface area contributed by atoms with Gasteiger partial charge in [-0.25, -0.2) is 9.79 Å². The molecule has 0 unspecified atom stereocenters. The number of aliphatic imine (C=N–C) groups is 1. The second-order valence-electron chi connectivity index (χ2n) is 6.62. The van der Waals surface area contributed by atoms with E-state index in [2.05, 4.69) is 27.8 Å². The SMILES string of the molecule is CC(=O)N[C@H]1[C@@H](N=C(N)N)CC(C(=O)O)=C[C@H]1NCCCc1ccccc1. The molecular weight excluding hydrogens is 346 g/mol. The van der Waals surface area contributed by atoms with Crippen LogP contribution in [-0.2, 0) is 16.0 Å². The first kappa shape index (κ1) is 20.4. The summed E-state index contributed by atoms with van der Waals surface area (Å²) >= 11 is 0. The van der Waals surface area contributed by atoms with Gasteiger partial charge in [0.25, 0.3) is 0 Å². The molecule has 0 saturated heterocycles. The Morgan fingerprint density at radius 2 is 1.96 bits per heavy atom. The van der Waals surface area contributed by atoms with Crippen molar-refractivity contribution in [2.75, 3.05) is 6.54 Å². The van der Waals surface area contributed by atoms with E-state index in [-0.39, 0.29) is 29.9 Å². The number of rotatable bonds is 8. The fourth-order valence-electron chi connectivity index (χ4n) is 3.27. The summed E-state index contributed by atoms with van der Waals surface area (Å²) < 4.78 is 0. The molecule has 8 heteroatoms. The van der Waals surface area contributed by atoms with E-state index in [0.717, 1.165) is 12.8 Å². The molecule has 1 amide bonds. The van der Waals surface area contributed by atoms with Gasteiger partial charge in [-0.1, -0.05) is 36.4 Å². The summed E-state index contributed by atoms with van der Waals surface area (Å²) in [6, 6.07) is 8.76. The maximum absolute atomic E-state index is 11.6. The molecule has 0 bridgehead atoms. The maximum Gasteiger partial charge on any atom is 0.331 e. The molecule has 0 saturated carbocycles. The first-order chi connectivity index (χ1) is 12.9. The Hall–Kier alpha value is -2.87. The fourth-order valence-corrected chi connectivity index (χ4v) is 3.27. The number of aryl methyl sites for hydroxylation is 1. The van der Waals surface area contributed by atoms with Crippen molar-refractivity contribution in [2.45, 2.75) is 44.3 Å². The van der Waals surface area contributed by atoms with Crippen molar-refractivity contribution in [1.82, 2.24) is 10.6 Å². The lowest BCUT2D eigenvalue weighted by molar-refractivity contribution is -0.133. The Morgan fingerprint density at radius 3 is 2.56 bits per heavy atom. The minimum atomic E-state index is -1.01. The number of amides is 1.